The van der Waals surface area contributed by atoms with Crippen LogP contribution in [-0.4, -0.2) is 37.3 Å². The lowest BCUT2D eigenvalue weighted by Crippen LogP contribution is -2.10. The second kappa shape index (κ2) is 10.4. The number of hydrogen-bond donors (Lipinski definition) is 0. The van der Waals surface area contributed by atoms with Crippen molar-refractivity contribution in [3.8, 4) is 17.2 Å². The number of carbonyl (C=O) groups is 1. The van der Waals surface area contributed by atoms with Crippen LogP contribution >= 0.6 is 11.3 Å². The molecular weight excluding hydrogens is 512 g/mol. The zero-order valence-corrected chi connectivity index (χ0v) is 22.6. The Kier molecular flexibility index (Phi) is 6.62. The average molecular weight is 539 g/mol. The van der Waals surface area contributed by atoms with Crippen LogP contribution in [0.15, 0.2) is 60.7 Å². The van der Waals surface area contributed by atoms with Crippen molar-refractivity contribution in [2.24, 2.45) is 0 Å². The summed E-state index contributed by atoms with van der Waals surface area (Å²) >= 11 is 1.53. The SMILES string of the molecule is COc1cc(C=C2CCc3c2nc2ccccc2c3C(=O)OCc2nc3ccccc3s2)cc(OC)c1OC. The maximum Gasteiger partial charge on any atom is 0.339 e. The van der Waals surface area contributed by atoms with Gasteiger partial charge < -0.3 is 18.9 Å². The van der Waals surface area contributed by atoms with E-state index in [9.17, 15) is 4.79 Å². The molecule has 196 valence electrons. The first-order chi connectivity index (χ1) is 19.1. The van der Waals surface area contributed by atoms with Gasteiger partial charge in [0.2, 0.25) is 5.75 Å². The second-order valence-electron chi connectivity index (χ2n) is 9.11. The predicted octanol–water partition coefficient (Wildman–Crippen LogP) is 6.71. The molecule has 0 aliphatic heterocycles. The summed E-state index contributed by atoms with van der Waals surface area (Å²) in [4.78, 5) is 23.1. The molecule has 0 fully saturated rings. The minimum Gasteiger partial charge on any atom is -0.493 e. The van der Waals surface area contributed by atoms with E-state index in [1.165, 1.54) is 11.3 Å². The van der Waals surface area contributed by atoms with Gasteiger partial charge in [0.15, 0.2) is 11.5 Å². The lowest BCUT2D eigenvalue weighted by Gasteiger charge is -2.14. The molecule has 0 radical (unpaired) electrons. The van der Waals surface area contributed by atoms with E-state index < -0.39 is 0 Å². The third-order valence-corrected chi connectivity index (χ3v) is 7.85. The van der Waals surface area contributed by atoms with Crippen LogP contribution in [0.3, 0.4) is 0 Å². The van der Waals surface area contributed by atoms with Gasteiger partial charge in [-0.2, -0.15) is 0 Å². The molecule has 0 unspecified atom stereocenters. The molecule has 2 heterocycles. The fourth-order valence-corrected chi connectivity index (χ4v) is 5.96. The number of nitrogens with zero attached hydrogens (tertiary/aromatic N) is 2. The number of fused-ring (bicyclic) bond motifs is 3. The molecule has 0 atom stereocenters. The highest BCUT2D eigenvalue weighted by molar-refractivity contribution is 7.18. The van der Waals surface area contributed by atoms with Gasteiger partial charge in [0.1, 0.15) is 11.6 Å². The van der Waals surface area contributed by atoms with Crippen LogP contribution in [0.25, 0.3) is 32.8 Å². The number of hydrogen-bond acceptors (Lipinski definition) is 8. The number of para-hydroxylation sites is 2. The number of thiazole rings is 1. The fourth-order valence-electron chi connectivity index (χ4n) is 5.08. The maximum absolute atomic E-state index is 13.6. The molecule has 0 amide bonds. The third-order valence-electron chi connectivity index (χ3n) is 6.84. The van der Waals surface area contributed by atoms with E-state index in [1.54, 1.807) is 21.3 Å². The van der Waals surface area contributed by atoms with E-state index in [0.29, 0.717) is 29.2 Å². The highest BCUT2D eigenvalue weighted by atomic mass is 32.1. The van der Waals surface area contributed by atoms with Crippen molar-refractivity contribution in [2.75, 3.05) is 21.3 Å². The topological polar surface area (TPSA) is 79.8 Å². The molecule has 0 bridgehead atoms. The summed E-state index contributed by atoms with van der Waals surface area (Å²) in [6.07, 6.45) is 3.50. The molecule has 2 aromatic heterocycles. The second-order valence-corrected chi connectivity index (χ2v) is 10.2. The molecule has 6 rings (SSSR count). The largest absolute Gasteiger partial charge is 0.493 e. The first-order valence-electron chi connectivity index (χ1n) is 12.5. The molecule has 1 aliphatic rings. The number of aromatic nitrogens is 2. The number of benzene rings is 3. The van der Waals surface area contributed by atoms with Crippen LogP contribution < -0.4 is 14.2 Å². The first kappa shape index (κ1) is 24.9. The molecule has 7 nitrogen and oxygen atoms in total. The molecule has 0 spiro atoms. The molecule has 1 aliphatic carbocycles. The predicted molar refractivity (Wildman–Crippen MR) is 153 cm³/mol. The zero-order valence-electron chi connectivity index (χ0n) is 21.8. The Labute approximate surface area is 229 Å². The van der Waals surface area contributed by atoms with E-state index in [1.807, 2.05) is 60.7 Å². The standard InChI is InChI=1S/C31H26N2O5S/c1-35-24-15-18(16-25(36-2)30(24)37-3)14-19-12-13-21-28(20-8-4-5-9-22(20)33-29(19)21)31(34)38-17-27-32-23-10-6-7-11-26(23)39-27/h4-11,14-16H,12-13,17H2,1-3H3. The zero-order chi connectivity index (χ0) is 26.9. The van der Waals surface area contributed by atoms with E-state index >= 15 is 0 Å². The number of allylic oxidation sites excluding steroid dienone is 1. The Morgan fingerprint density at radius 3 is 2.33 bits per heavy atom. The van der Waals surface area contributed by atoms with Gasteiger partial charge in [-0.05, 0) is 65.9 Å². The van der Waals surface area contributed by atoms with E-state index in [-0.39, 0.29) is 12.6 Å². The normalized spacial score (nSPS) is 13.6. The van der Waals surface area contributed by atoms with Crippen LogP contribution in [0.4, 0.5) is 0 Å². The third kappa shape index (κ3) is 4.57. The molecule has 5 aromatic rings. The summed E-state index contributed by atoms with van der Waals surface area (Å²) in [6.45, 7) is 0.123. The monoisotopic (exact) mass is 538 g/mol. The number of carbonyl (C=O) groups excluding carboxylic acids is 1. The number of pyridine rings is 1. The number of rotatable bonds is 7. The van der Waals surface area contributed by atoms with Crippen molar-refractivity contribution < 1.29 is 23.7 Å². The van der Waals surface area contributed by atoms with Gasteiger partial charge in [-0.25, -0.2) is 14.8 Å². The first-order valence-corrected chi connectivity index (χ1v) is 13.4. The quantitative estimate of drug-likeness (QED) is 0.213. The van der Waals surface area contributed by atoms with Gasteiger partial charge in [0, 0.05) is 5.39 Å². The Morgan fingerprint density at radius 1 is 0.897 bits per heavy atom. The molecule has 8 heteroatoms. The lowest BCUT2D eigenvalue weighted by molar-refractivity contribution is 0.0473. The van der Waals surface area contributed by atoms with Crippen LogP contribution in [0, 0.1) is 0 Å². The van der Waals surface area contributed by atoms with Crippen LogP contribution in [-0.2, 0) is 17.8 Å². The summed E-state index contributed by atoms with van der Waals surface area (Å²) < 4.78 is 23.4. The van der Waals surface area contributed by atoms with Crippen LogP contribution in [0.2, 0.25) is 0 Å². The summed E-state index contributed by atoms with van der Waals surface area (Å²) in [5.74, 6) is 1.33. The highest BCUT2D eigenvalue weighted by Gasteiger charge is 2.28. The Bertz CT molecular complexity index is 1700. The van der Waals surface area contributed by atoms with Crippen LogP contribution in [0.5, 0.6) is 17.2 Å². The molecular formula is C31H26N2O5S. The minimum absolute atomic E-state index is 0.123. The van der Waals surface area contributed by atoms with Gasteiger partial charge in [-0.3, -0.25) is 0 Å². The van der Waals surface area contributed by atoms with Crippen molar-refractivity contribution in [1.29, 1.82) is 0 Å². The Morgan fingerprint density at radius 2 is 1.62 bits per heavy atom. The number of ether oxygens (including phenoxy) is 4. The van der Waals surface area contributed by atoms with E-state index in [4.69, 9.17) is 23.9 Å². The molecule has 0 saturated carbocycles. The number of methoxy groups -OCH3 is 3. The van der Waals surface area contributed by atoms with Crippen molar-refractivity contribution in [1.82, 2.24) is 9.97 Å². The Balaban J connectivity index is 1.38. The number of esters is 1. The summed E-state index contributed by atoms with van der Waals surface area (Å²) in [7, 11) is 4.77. The minimum atomic E-state index is -0.363. The van der Waals surface area contributed by atoms with Gasteiger partial charge in [0.05, 0.1) is 48.3 Å². The Hall–Kier alpha value is -4.43. The molecule has 39 heavy (non-hydrogen) atoms. The maximum atomic E-state index is 13.6. The molecule has 0 saturated heterocycles. The summed E-state index contributed by atoms with van der Waals surface area (Å²) in [6, 6.07) is 19.4. The molecule has 0 N–H and O–H groups in total. The van der Waals surface area contributed by atoms with Crippen molar-refractivity contribution >= 4 is 50.1 Å². The van der Waals surface area contributed by atoms with Gasteiger partial charge in [-0.15, -0.1) is 11.3 Å². The smallest absolute Gasteiger partial charge is 0.339 e. The lowest BCUT2D eigenvalue weighted by atomic mass is 10.0. The highest BCUT2D eigenvalue weighted by Crippen LogP contribution is 2.42. The van der Waals surface area contributed by atoms with Crippen molar-refractivity contribution in [2.45, 2.75) is 19.4 Å². The van der Waals surface area contributed by atoms with Crippen molar-refractivity contribution in [3.63, 3.8) is 0 Å². The van der Waals surface area contributed by atoms with Gasteiger partial charge in [0.25, 0.3) is 0 Å². The van der Waals surface area contributed by atoms with Gasteiger partial charge in [-0.1, -0.05) is 30.3 Å². The summed E-state index contributed by atoms with van der Waals surface area (Å²) in [5, 5.41) is 1.56. The average Bonchev–Trinajstić information content (AvgIpc) is 3.57. The van der Waals surface area contributed by atoms with E-state index in [2.05, 4.69) is 11.1 Å². The fraction of sp³-hybridized carbons (Fsp3) is 0.194. The van der Waals surface area contributed by atoms with Crippen LogP contribution in [0.1, 0.15) is 38.6 Å². The molecule has 3 aromatic carbocycles. The summed E-state index contributed by atoms with van der Waals surface area (Å²) in [5.41, 5.74) is 5.87. The van der Waals surface area contributed by atoms with Gasteiger partial charge >= 0.3 is 5.97 Å². The van der Waals surface area contributed by atoms with Crippen molar-refractivity contribution in [3.05, 3.63) is 88.1 Å². The van der Waals surface area contributed by atoms with E-state index in [0.717, 1.165) is 54.9 Å².